The molecule has 112 valence electrons. The van der Waals surface area contributed by atoms with Crippen LogP contribution < -0.4 is 10.1 Å². The van der Waals surface area contributed by atoms with E-state index in [0.717, 1.165) is 21.8 Å². The number of halogens is 4. The number of nitrogens with one attached hydrogen (secondary N) is 1. The van der Waals surface area contributed by atoms with Gasteiger partial charge in [0.1, 0.15) is 12.3 Å². The molecule has 0 saturated carbocycles. The highest BCUT2D eigenvalue weighted by Gasteiger charge is 2.32. The van der Waals surface area contributed by atoms with Crippen LogP contribution in [0.25, 0.3) is 0 Å². The number of hydrogen-bond donors (Lipinski definition) is 1. The van der Waals surface area contributed by atoms with Gasteiger partial charge >= 0.3 is 6.18 Å². The van der Waals surface area contributed by atoms with Crippen LogP contribution in [-0.2, 0) is 12.8 Å². The number of nitrogens with zero attached hydrogens (tertiary/aromatic N) is 1. The number of hydrogen-bond acceptors (Lipinski definition) is 3. The smallest absolute Gasteiger partial charge is 0.433 e. The second-order valence-corrected chi connectivity index (χ2v) is 5.02. The van der Waals surface area contributed by atoms with Gasteiger partial charge in [-0.15, -0.1) is 0 Å². The van der Waals surface area contributed by atoms with Crippen LogP contribution in [0.1, 0.15) is 11.3 Å². The maximum Gasteiger partial charge on any atom is 0.433 e. The molecule has 7 heteroatoms. The normalized spacial score (nSPS) is 11.3. The minimum Gasteiger partial charge on any atom is -0.473 e. The lowest BCUT2D eigenvalue weighted by Crippen LogP contribution is -2.09. The zero-order chi connectivity index (χ0) is 15.5. The van der Waals surface area contributed by atoms with Gasteiger partial charge in [-0.25, -0.2) is 4.98 Å². The molecule has 2 aromatic rings. The number of benzene rings is 1. The Kier molecular flexibility index (Phi) is 4.72. The maximum atomic E-state index is 12.6. The summed E-state index contributed by atoms with van der Waals surface area (Å²) in [4.78, 5) is 3.46. The molecular formula is C14H12BrF3N2O. The largest absolute Gasteiger partial charge is 0.473 e. The third kappa shape index (κ3) is 3.87. The first-order chi connectivity index (χ1) is 9.91. The highest BCUT2D eigenvalue weighted by Crippen LogP contribution is 2.29. The van der Waals surface area contributed by atoms with Crippen molar-refractivity contribution in [3.63, 3.8) is 0 Å². The minimum atomic E-state index is -4.48. The zero-order valence-corrected chi connectivity index (χ0v) is 12.6. The topological polar surface area (TPSA) is 34.1 Å². The van der Waals surface area contributed by atoms with E-state index in [1.807, 2.05) is 18.2 Å². The molecule has 1 aromatic heterocycles. The van der Waals surface area contributed by atoms with Gasteiger partial charge in [0, 0.05) is 28.8 Å². The van der Waals surface area contributed by atoms with Crippen LogP contribution in [0.3, 0.4) is 0 Å². The van der Waals surface area contributed by atoms with Gasteiger partial charge in [0.15, 0.2) is 0 Å². The molecule has 0 aliphatic carbocycles. The van der Waals surface area contributed by atoms with E-state index in [0.29, 0.717) is 0 Å². The molecule has 0 unspecified atom stereocenters. The molecule has 0 fully saturated rings. The predicted molar refractivity (Wildman–Crippen MR) is 77.3 cm³/mol. The molecule has 0 bridgehead atoms. The number of rotatable bonds is 4. The van der Waals surface area contributed by atoms with E-state index in [1.165, 1.54) is 12.1 Å². The van der Waals surface area contributed by atoms with Gasteiger partial charge in [-0.2, -0.15) is 13.2 Å². The molecule has 0 spiro atoms. The Hall–Kier alpha value is -1.76. The molecule has 2 rings (SSSR count). The Labute approximate surface area is 128 Å². The Morgan fingerprint density at radius 1 is 1.19 bits per heavy atom. The van der Waals surface area contributed by atoms with Crippen LogP contribution in [0.5, 0.6) is 5.88 Å². The summed E-state index contributed by atoms with van der Waals surface area (Å²) in [5, 5.41) is 3.00. The van der Waals surface area contributed by atoms with Crippen molar-refractivity contribution in [1.29, 1.82) is 0 Å². The molecule has 0 saturated heterocycles. The standard InChI is InChI=1S/C14H12BrF3N2O/c1-19-11-5-2-4-10(15)9(11)8-21-13-7-3-6-12(20-13)14(16,17)18/h2-7,19H,8H2,1H3. The summed E-state index contributed by atoms with van der Waals surface area (Å²) in [6.07, 6.45) is -4.48. The molecule has 1 N–H and O–H groups in total. The van der Waals surface area contributed by atoms with Gasteiger partial charge in [-0.05, 0) is 18.2 Å². The molecule has 0 aliphatic rings. The summed E-state index contributed by atoms with van der Waals surface area (Å²) in [5.74, 6) is -0.0670. The van der Waals surface area contributed by atoms with Crippen LogP contribution in [0.2, 0.25) is 0 Å². The van der Waals surface area contributed by atoms with E-state index in [4.69, 9.17) is 4.74 Å². The van der Waals surface area contributed by atoms with Gasteiger partial charge in [0.25, 0.3) is 0 Å². The zero-order valence-electron chi connectivity index (χ0n) is 11.0. The lowest BCUT2D eigenvalue weighted by Gasteiger charge is -2.13. The fourth-order valence-electron chi connectivity index (χ4n) is 1.74. The third-order valence-corrected chi connectivity index (χ3v) is 3.51. The van der Waals surface area contributed by atoms with E-state index < -0.39 is 11.9 Å². The van der Waals surface area contributed by atoms with E-state index >= 15 is 0 Å². The van der Waals surface area contributed by atoms with E-state index in [9.17, 15) is 13.2 Å². The number of aromatic nitrogens is 1. The van der Waals surface area contributed by atoms with Crippen LogP contribution >= 0.6 is 15.9 Å². The third-order valence-electron chi connectivity index (χ3n) is 2.77. The number of ether oxygens (including phenoxy) is 1. The number of pyridine rings is 1. The second kappa shape index (κ2) is 6.34. The lowest BCUT2D eigenvalue weighted by molar-refractivity contribution is -0.141. The molecule has 0 amide bonds. The first-order valence-corrected chi connectivity index (χ1v) is 6.83. The van der Waals surface area contributed by atoms with Crippen molar-refractivity contribution in [2.45, 2.75) is 12.8 Å². The summed E-state index contributed by atoms with van der Waals surface area (Å²) >= 11 is 3.39. The lowest BCUT2D eigenvalue weighted by atomic mass is 10.2. The van der Waals surface area contributed by atoms with Crippen molar-refractivity contribution >= 4 is 21.6 Å². The van der Waals surface area contributed by atoms with Crippen molar-refractivity contribution in [1.82, 2.24) is 4.98 Å². The number of alkyl halides is 3. The molecular weight excluding hydrogens is 349 g/mol. The van der Waals surface area contributed by atoms with Gasteiger partial charge in [-0.3, -0.25) is 0 Å². The van der Waals surface area contributed by atoms with Crippen LogP contribution in [0, 0.1) is 0 Å². The van der Waals surface area contributed by atoms with Gasteiger partial charge in [0.05, 0.1) is 0 Å². The molecule has 0 aliphatic heterocycles. The summed E-state index contributed by atoms with van der Waals surface area (Å²) in [6.45, 7) is 0.103. The highest BCUT2D eigenvalue weighted by atomic mass is 79.9. The average Bonchev–Trinajstić information content (AvgIpc) is 2.45. The quantitative estimate of drug-likeness (QED) is 0.872. The fraction of sp³-hybridized carbons (Fsp3) is 0.214. The van der Waals surface area contributed by atoms with Crippen LogP contribution in [-0.4, -0.2) is 12.0 Å². The highest BCUT2D eigenvalue weighted by molar-refractivity contribution is 9.10. The maximum absolute atomic E-state index is 12.6. The second-order valence-electron chi connectivity index (χ2n) is 4.16. The van der Waals surface area contributed by atoms with Gasteiger partial charge < -0.3 is 10.1 Å². The molecule has 1 heterocycles. The molecule has 0 radical (unpaired) electrons. The Bertz CT molecular complexity index is 632. The molecule has 3 nitrogen and oxygen atoms in total. The summed E-state index contributed by atoms with van der Waals surface area (Å²) in [5.41, 5.74) is 0.663. The SMILES string of the molecule is CNc1cccc(Br)c1COc1cccc(C(F)(F)F)n1. The summed E-state index contributed by atoms with van der Waals surface area (Å²) in [6, 6.07) is 9.10. The van der Waals surface area contributed by atoms with E-state index in [-0.39, 0.29) is 12.5 Å². The predicted octanol–water partition coefficient (Wildman–Crippen LogP) is 4.48. The van der Waals surface area contributed by atoms with E-state index in [1.54, 1.807) is 7.05 Å². The summed E-state index contributed by atoms with van der Waals surface area (Å²) < 4.78 is 43.9. The van der Waals surface area contributed by atoms with Crippen molar-refractivity contribution in [3.8, 4) is 5.88 Å². The van der Waals surface area contributed by atoms with Crippen molar-refractivity contribution in [2.24, 2.45) is 0 Å². The first-order valence-electron chi connectivity index (χ1n) is 6.04. The molecule has 0 atom stereocenters. The Balaban J connectivity index is 2.18. The van der Waals surface area contributed by atoms with Crippen LogP contribution in [0.15, 0.2) is 40.9 Å². The monoisotopic (exact) mass is 360 g/mol. The average molecular weight is 361 g/mol. The Morgan fingerprint density at radius 3 is 2.57 bits per heavy atom. The van der Waals surface area contributed by atoms with E-state index in [2.05, 4.69) is 26.2 Å². The Morgan fingerprint density at radius 2 is 1.90 bits per heavy atom. The first kappa shape index (κ1) is 15.6. The van der Waals surface area contributed by atoms with Crippen molar-refractivity contribution in [2.75, 3.05) is 12.4 Å². The minimum absolute atomic E-state index is 0.0670. The number of anilines is 1. The van der Waals surface area contributed by atoms with Gasteiger partial charge in [0.2, 0.25) is 5.88 Å². The van der Waals surface area contributed by atoms with Crippen molar-refractivity contribution < 1.29 is 17.9 Å². The van der Waals surface area contributed by atoms with Crippen molar-refractivity contribution in [3.05, 3.63) is 52.1 Å². The molecule has 1 aromatic carbocycles. The van der Waals surface area contributed by atoms with Gasteiger partial charge in [-0.1, -0.05) is 28.1 Å². The van der Waals surface area contributed by atoms with Crippen LogP contribution in [0.4, 0.5) is 18.9 Å². The molecule has 21 heavy (non-hydrogen) atoms. The summed E-state index contributed by atoms with van der Waals surface area (Å²) in [7, 11) is 1.76. The fourth-order valence-corrected chi connectivity index (χ4v) is 2.22.